The number of imide groups is 1. The minimum atomic E-state index is -0.275. The SMILES string of the molecule is O=C1CCC(N2CCc3c(OCc4ccccc4)cccc32)C(=O)N1. The van der Waals surface area contributed by atoms with Gasteiger partial charge in [0.05, 0.1) is 0 Å². The molecule has 2 aliphatic rings. The summed E-state index contributed by atoms with van der Waals surface area (Å²) in [5.41, 5.74) is 3.31. The van der Waals surface area contributed by atoms with Gasteiger partial charge in [-0.05, 0) is 30.5 Å². The molecule has 5 heteroatoms. The number of ether oxygens (including phenoxy) is 1. The third-order valence-corrected chi connectivity index (χ3v) is 4.84. The third kappa shape index (κ3) is 3.09. The first-order chi connectivity index (χ1) is 12.2. The monoisotopic (exact) mass is 336 g/mol. The quantitative estimate of drug-likeness (QED) is 0.871. The van der Waals surface area contributed by atoms with Crippen LogP contribution in [0, 0.1) is 0 Å². The van der Waals surface area contributed by atoms with E-state index >= 15 is 0 Å². The van der Waals surface area contributed by atoms with Gasteiger partial charge in [0, 0.05) is 24.2 Å². The van der Waals surface area contributed by atoms with Crippen LogP contribution >= 0.6 is 0 Å². The second kappa shape index (κ2) is 6.59. The summed E-state index contributed by atoms with van der Waals surface area (Å²) >= 11 is 0. The Kier molecular flexibility index (Phi) is 4.14. The van der Waals surface area contributed by atoms with Crippen LogP contribution in [0.4, 0.5) is 5.69 Å². The van der Waals surface area contributed by atoms with E-state index in [2.05, 4.69) is 10.2 Å². The molecule has 1 atom stereocenters. The maximum atomic E-state index is 12.2. The van der Waals surface area contributed by atoms with E-state index in [-0.39, 0.29) is 17.9 Å². The summed E-state index contributed by atoms with van der Waals surface area (Å²) in [5.74, 6) is 0.497. The van der Waals surface area contributed by atoms with Gasteiger partial charge in [0.2, 0.25) is 11.8 Å². The average molecular weight is 336 g/mol. The van der Waals surface area contributed by atoms with Crippen LogP contribution in [0.1, 0.15) is 24.0 Å². The van der Waals surface area contributed by atoms with Crippen LogP contribution in [0.3, 0.4) is 0 Å². The molecule has 0 saturated carbocycles. The first kappa shape index (κ1) is 15.7. The van der Waals surface area contributed by atoms with Crippen LogP contribution in [0.2, 0.25) is 0 Å². The van der Waals surface area contributed by atoms with Gasteiger partial charge in [-0.25, -0.2) is 0 Å². The molecule has 1 N–H and O–H groups in total. The fraction of sp³-hybridized carbons (Fsp3) is 0.300. The summed E-state index contributed by atoms with van der Waals surface area (Å²) in [5, 5.41) is 2.45. The number of rotatable bonds is 4. The fourth-order valence-corrected chi connectivity index (χ4v) is 3.60. The normalized spacial score (nSPS) is 19.5. The van der Waals surface area contributed by atoms with Crippen LogP contribution in [-0.4, -0.2) is 24.4 Å². The number of carbonyl (C=O) groups excluding carboxylic acids is 2. The van der Waals surface area contributed by atoms with Crippen molar-refractivity contribution in [2.75, 3.05) is 11.4 Å². The van der Waals surface area contributed by atoms with E-state index in [1.807, 2.05) is 48.5 Å². The van der Waals surface area contributed by atoms with Crippen molar-refractivity contribution in [1.82, 2.24) is 5.32 Å². The van der Waals surface area contributed by atoms with Gasteiger partial charge < -0.3 is 9.64 Å². The van der Waals surface area contributed by atoms with Crippen molar-refractivity contribution in [1.29, 1.82) is 0 Å². The molecule has 0 bridgehead atoms. The molecule has 0 spiro atoms. The Bertz CT molecular complexity index is 804. The Balaban J connectivity index is 1.53. The summed E-state index contributed by atoms with van der Waals surface area (Å²) in [6.45, 7) is 1.29. The predicted octanol–water partition coefficient (Wildman–Crippen LogP) is 2.43. The zero-order chi connectivity index (χ0) is 17.2. The standard InChI is InChI=1S/C20H20N2O3/c23-19-10-9-17(20(24)21-19)22-12-11-15-16(22)7-4-8-18(15)25-13-14-5-2-1-3-6-14/h1-8,17H,9-13H2,(H,21,23,24). The molecule has 1 unspecified atom stereocenters. The number of fused-ring (bicyclic) bond motifs is 1. The van der Waals surface area contributed by atoms with E-state index in [1.54, 1.807) is 0 Å². The van der Waals surface area contributed by atoms with Gasteiger partial charge >= 0.3 is 0 Å². The third-order valence-electron chi connectivity index (χ3n) is 4.84. The van der Waals surface area contributed by atoms with Gasteiger partial charge in [0.1, 0.15) is 18.4 Å². The van der Waals surface area contributed by atoms with Crippen molar-refractivity contribution >= 4 is 17.5 Å². The number of nitrogens with one attached hydrogen (secondary N) is 1. The van der Waals surface area contributed by atoms with E-state index in [4.69, 9.17) is 4.74 Å². The van der Waals surface area contributed by atoms with Crippen molar-refractivity contribution in [2.45, 2.75) is 31.9 Å². The molecule has 5 nitrogen and oxygen atoms in total. The van der Waals surface area contributed by atoms with E-state index in [1.165, 1.54) is 0 Å². The molecule has 25 heavy (non-hydrogen) atoms. The Hall–Kier alpha value is -2.82. The number of hydrogen-bond acceptors (Lipinski definition) is 4. The molecular weight excluding hydrogens is 316 g/mol. The molecule has 2 heterocycles. The molecular formula is C20H20N2O3. The lowest BCUT2D eigenvalue weighted by molar-refractivity contribution is -0.134. The minimum Gasteiger partial charge on any atom is -0.489 e. The molecule has 2 amide bonds. The maximum absolute atomic E-state index is 12.2. The number of anilines is 1. The molecule has 0 aliphatic carbocycles. The highest BCUT2D eigenvalue weighted by Gasteiger charge is 2.35. The molecule has 1 saturated heterocycles. The zero-order valence-electron chi connectivity index (χ0n) is 13.9. The predicted molar refractivity (Wildman–Crippen MR) is 94.4 cm³/mol. The van der Waals surface area contributed by atoms with Gasteiger partial charge in [-0.1, -0.05) is 36.4 Å². The highest BCUT2D eigenvalue weighted by molar-refractivity contribution is 6.02. The van der Waals surface area contributed by atoms with Crippen molar-refractivity contribution in [3.63, 3.8) is 0 Å². The summed E-state index contributed by atoms with van der Waals surface area (Å²) in [4.78, 5) is 25.7. The summed E-state index contributed by atoms with van der Waals surface area (Å²) in [6, 6.07) is 15.8. The molecule has 4 rings (SSSR count). The lowest BCUT2D eigenvalue weighted by Gasteiger charge is -2.31. The largest absolute Gasteiger partial charge is 0.489 e. The minimum absolute atomic E-state index is 0.180. The summed E-state index contributed by atoms with van der Waals surface area (Å²) in [7, 11) is 0. The van der Waals surface area contributed by atoms with E-state index in [0.717, 1.165) is 35.5 Å². The van der Waals surface area contributed by atoms with Gasteiger partial charge in [0.15, 0.2) is 0 Å². The number of amides is 2. The lowest BCUT2D eigenvalue weighted by atomic mass is 10.0. The molecule has 2 aromatic carbocycles. The summed E-state index contributed by atoms with van der Waals surface area (Å²) < 4.78 is 6.03. The topological polar surface area (TPSA) is 58.6 Å². The number of piperidine rings is 1. The first-order valence-corrected chi connectivity index (χ1v) is 8.61. The number of benzene rings is 2. The number of nitrogens with zero attached hydrogens (tertiary/aromatic N) is 1. The molecule has 0 radical (unpaired) electrons. The van der Waals surface area contributed by atoms with Crippen LogP contribution in [0.25, 0.3) is 0 Å². The second-order valence-electron chi connectivity index (χ2n) is 6.44. The average Bonchev–Trinajstić information content (AvgIpc) is 3.05. The maximum Gasteiger partial charge on any atom is 0.249 e. The Morgan fingerprint density at radius 1 is 1.04 bits per heavy atom. The van der Waals surface area contributed by atoms with Crippen molar-refractivity contribution in [3.05, 3.63) is 59.7 Å². The lowest BCUT2D eigenvalue weighted by Crippen LogP contribution is -2.52. The number of hydrogen-bond donors (Lipinski definition) is 1. The summed E-state index contributed by atoms with van der Waals surface area (Å²) in [6.07, 6.45) is 1.81. The van der Waals surface area contributed by atoms with Crippen LogP contribution in [0.15, 0.2) is 48.5 Å². The van der Waals surface area contributed by atoms with E-state index in [9.17, 15) is 9.59 Å². The van der Waals surface area contributed by atoms with Gasteiger partial charge in [0.25, 0.3) is 0 Å². The highest BCUT2D eigenvalue weighted by atomic mass is 16.5. The first-order valence-electron chi connectivity index (χ1n) is 8.61. The van der Waals surface area contributed by atoms with E-state index in [0.29, 0.717) is 19.4 Å². The molecule has 1 fully saturated rings. The fourth-order valence-electron chi connectivity index (χ4n) is 3.60. The van der Waals surface area contributed by atoms with E-state index < -0.39 is 0 Å². The van der Waals surface area contributed by atoms with Crippen molar-refractivity contribution in [2.24, 2.45) is 0 Å². The van der Waals surface area contributed by atoms with Crippen molar-refractivity contribution in [3.8, 4) is 5.75 Å². The van der Waals surface area contributed by atoms with Gasteiger partial charge in [-0.3, -0.25) is 14.9 Å². The second-order valence-corrected chi connectivity index (χ2v) is 6.44. The van der Waals surface area contributed by atoms with Crippen LogP contribution in [0.5, 0.6) is 5.75 Å². The molecule has 2 aliphatic heterocycles. The van der Waals surface area contributed by atoms with Crippen molar-refractivity contribution < 1.29 is 14.3 Å². The van der Waals surface area contributed by atoms with Gasteiger partial charge in [-0.15, -0.1) is 0 Å². The molecule has 128 valence electrons. The molecule has 2 aromatic rings. The Morgan fingerprint density at radius 3 is 2.68 bits per heavy atom. The molecule has 0 aromatic heterocycles. The Labute approximate surface area is 146 Å². The smallest absolute Gasteiger partial charge is 0.249 e. The van der Waals surface area contributed by atoms with Crippen LogP contribution < -0.4 is 15.0 Å². The van der Waals surface area contributed by atoms with Crippen LogP contribution in [-0.2, 0) is 22.6 Å². The van der Waals surface area contributed by atoms with Gasteiger partial charge in [-0.2, -0.15) is 0 Å². The number of carbonyl (C=O) groups is 2. The zero-order valence-corrected chi connectivity index (χ0v) is 13.9. The highest BCUT2D eigenvalue weighted by Crippen LogP contribution is 2.37. The Morgan fingerprint density at radius 2 is 1.88 bits per heavy atom.